The van der Waals surface area contributed by atoms with Crippen LogP contribution in [0.4, 0.5) is 10.1 Å². The normalized spacial score (nSPS) is 16.1. The monoisotopic (exact) mass is 248 g/mol. The zero-order chi connectivity index (χ0) is 13.1. The van der Waals surface area contributed by atoms with E-state index < -0.39 is 6.10 Å². The highest BCUT2D eigenvalue weighted by Crippen LogP contribution is 2.36. The summed E-state index contributed by atoms with van der Waals surface area (Å²) < 4.78 is 13.3. The van der Waals surface area contributed by atoms with Gasteiger partial charge in [-0.1, -0.05) is 0 Å². The Morgan fingerprint density at radius 2 is 2.28 bits per heavy atom. The second kappa shape index (κ2) is 5.36. The Morgan fingerprint density at radius 3 is 2.83 bits per heavy atom. The molecule has 1 N–H and O–H groups in total. The van der Waals surface area contributed by atoms with Crippen molar-refractivity contribution in [1.82, 2.24) is 0 Å². The van der Waals surface area contributed by atoms with Crippen molar-refractivity contribution in [3.63, 3.8) is 0 Å². The van der Waals surface area contributed by atoms with E-state index in [0.29, 0.717) is 24.6 Å². The Kier molecular flexibility index (Phi) is 3.83. The lowest BCUT2D eigenvalue weighted by molar-refractivity contribution is 0.199. The van der Waals surface area contributed by atoms with Gasteiger partial charge in [-0.2, -0.15) is 5.26 Å². The topological polar surface area (TPSA) is 47.3 Å². The van der Waals surface area contributed by atoms with Gasteiger partial charge in [-0.05, 0) is 38.0 Å². The molecule has 0 saturated heterocycles. The molecule has 3 nitrogen and oxygen atoms in total. The van der Waals surface area contributed by atoms with E-state index in [4.69, 9.17) is 5.26 Å². The second-order valence-corrected chi connectivity index (χ2v) is 4.71. The van der Waals surface area contributed by atoms with Crippen LogP contribution in [0.2, 0.25) is 0 Å². The molecule has 4 heteroatoms. The van der Waals surface area contributed by atoms with Gasteiger partial charge in [-0.25, -0.2) is 4.39 Å². The lowest BCUT2D eigenvalue weighted by Gasteiger charge is -2.27. The van der Waals surface area contributed by atoms with Crippen molar-refractivity contribution in [2.24, 2.45) is 0 Å². The molecule has 0 radical (unpaired) electrons. The number of nitriles is 1. The molecule has 0 bridgehead atoms. The number of halogens is 1. The Morgan fingerprint density at radius 1 is 1.56 bits per heavy atom. The molecule has 0 heterocycles. The third kappa shape index (κ3) is 2.80. The smallest absolute Gasteiger partial charge is 0.123 e. The highest BCUT2D eigenvalue weighted by Gasteiger charge is 2.30. The van der Waals surface area contributed by atoms with Crippen molar-refractivity contribution in [3.8, 4) is 6.07 Å². The molecule has 1 fully saturated rings. The lowest BCUT2D eigenvalue weighted by atomic mass is 10.1. The van der Waals surface area contributed by atoms with Crippen molar-refractivity contribution >= 4 is 5.69 Å². The van der Waals surface area contributed by atoms with Crippen LogP contribution >= 0.6 is 0 Å². The molecule has 1 atom stereocenters. The Hall–Kier alpha value is -1.60. The van der Waals surface area contributed by atoms with Crippen LogP contribution in [0.5, 0.6) is 0 Å². The van der Waals surface area contributed by atoms with Gasteiger partial charge in [-0.15, -0.1) is 0 Å². The van der Waals surface area contributed by atoms with Crippen LogP contribution in [-0.2, 0) is 0 Å². The molecule has 1 aliphatic rings. The Labute approximate surface area is 106 Å². The van der Waals surface area contributed by atoms with Gasteiger partial charge in [0.15, 0.2) is 0 Å². The SMILES string of the molecule is C[C@H](O)c1cc(F)ccc1N(CCC#N)C1CC1. The maximum absolute atomic E-state index is 13.3. The molecule has 0 aromatic heterocycles. The predicted molar refractivity (Wildman–Crippen MR) is 67.6 cm³/mol. The highest BCUT2D eigenvalue weighted by atomic mass is 19.1. The van der Waals surface area contributed by atoms with Gasteiger partial charge >= 0.3 is 0 Å². The minimum atomic E-state index is -0.709. The van der Waals surface area contributed by atoms with E-state index in [-0.39, 0.29) is 5.82 Å². The maximum Gasteiger partial charge on any atom is 0.123 e. The second-order valence-electron chi connectivity index (χ2n) is 4.71. The zero-order valence-electron chi connectivity index (χ0n) is 10.4. The molecule has 1 saturated carbocycles. The van der Waals surface area contributed by atoms with Crippen LogP contribution in [0.15, 0.2) is 18.2 Å². The summed E-state index contributed by atoms with van der Waals surface area (Å²) in [6.45, 7) is 2.26. The van der Waals surface area contributed by atoms with Crippen molar-refractivity contribution in [1.29, 1.82) is 5.26 Å². The molecule has 1 aromatic carbocycles. The minimum absolute atomic E-state index is 0.342. The zero-order valence-corrected chi connectivity index (χ0v) is 10.4. The first-order valence-electron chi connectivity index (χ1n) is 6.24. The predicted octanol–water partition coefficient (Wildman–Crippen LogP) is 2.76. The van der Waals surface area contributed by atoms with Crippen LogP contribution < -0.4 is 4.90 Å². The largest absolute Gasteiger partial charge is 0.389 e. The lowest BCUT2D eigenvalue weighted by Crippen LogP contribution is -2.28. The number of nitrogens with zero attached hydrogens (tertiary/aromatic N) is 2. The molecule has 0 unspecified atom stereocenters. The van der Waals surface area contributed by atoms with Gasteiger partial charge in [0, 0.05) is 23.8 Å². The Balaban J connectivity index is 2.31. The summed E-state index contributed by atoms with van der Waals surface area (Å²) in [6, 6.07) is 7.05. The van der Waals surface area contributed by atoms with Gasteiger partial charge in [-0.3, -0.25) is 0 Å². The third-order valence-corrected chi connectivity index (χ3v) is 3.20. The number of benzene rings is 1. The van der Waals surface area contributed by atoms with Crippen LogP contribution in [-0.4, -0.2) is 17.7 Å². The first-order chi connectivity index (χ1) is 8.63. The molecular weight excluding hydrogens is 231 g/mol. The van der Waals surface area contributed by atoms with Crippen LogP contribution in [0.25, 0.3) is 0 Å². The average molecular weight is 248 g/mol. The minimum Gasteiger partial charge on any atom is -0.389 e. The van der Waals surface area contributed by atoms with Gasteiger partial charge in [0.05, 0.1) is 18.6 Å². The van der Waals surface area contributed by atoms with E-state index in [9.17, 15) is 9.50 Å². The number of hydrogen-bond acceptors (Lipinski definition) is 3. The van der Waals surface area contributed by atoms with Gasteiger partial charge in [0.25, 0.3) is 0 Å². The van der Waals surface area contributed by atoms with Gasteiger partial charge in [0.2, 0.25) is 0 Å². The number of aliphatic hydroxyl groups is 1. The summed E-state index contributed by atoms with van der Waals surface area (Å²) in [4.78, 5) is 2.12. The van der Waals surface area contributed by atoms with Crippen molar-refractivity contribution in [2.75, 3.05) is 11.4 Å². The number of anilines is 1. The summed E-state index contributed by atoms with van der Waals surface area (Å²) in [5.41, 5.74) is 1.45. The average Bonchev–Trinajstić information content (AvgIpc) is 3.15. The molecule has 18 heavy (non-hydrogen) atoms. The van der Waals surface area contributed by atoms with Crippen molar-refractivity contribution < 1.29 is 9.50 Å². The summed E-state index contributed by atoms with van der Waals surface area (Å²) in [5.74, 6) is -0.342. The maximum atomic E-state index is 13.3. The molecule has 96 valence electrons. The number of hydrogen-bond donors (Lipinski definition) is 1. The fourth-order valence-electron chi connectivity index (χ4n) is 2.18. The molecule has 0 spiro atoms. The molecule has 1 aliphatic carbocycles. The molecular formula is C14H17FN2O. The Bertz CT molecular complexity index is 463. The van der Waals surface area contributed by atoms with E-state index in [0.717, 1.165) is 18.5 Å². The van der Waals surface area contributed by atoms with E-state index in [1.807, 2.05) is 0 Å². The summed E-state index contributed by atoms with van der Waals surface area (Å²) in [5, 5.41) is 18.4. The van der Waals surface area contributed by atoms with E-state index >= 15 is 0 Å². The van der Waals surface area contributed by atoms with E-state index in [1.165, 1.54) is 12.1 Å². The molecule has 1 aromatic rings. The molecule has 0 amide bonds. The van der Waals surface area contributed by atoms with Crippen molar-refractivity contribution in [2.45, 2.75) is 38.3 Å². The number of aliphatic hydroxyl groups excluding tert-OH is 1. The van der Waals surface area contributed by atoms with Crippen molar-refractivity contribution in [3.05, 3.63) is 29.6 Å². The van der Waals surface area contributed by atoms with Crippen LogP contribution in [0.1, 0.15) is 37.9 Å². The standard InChI is InChI=1S/C14H17FN2O/c1-10(18)13-9-11(15)3-6-14(13)17(8-2-7-16)12-4-5-12/h3,6,9-10,12,18H,2,4-5,8H2,1H3/t10-/m0/s1. The van der Waals surface area contributed by atoms with Crippen LogP contribution in [0, 0.1) is 17.1 Å². The van der Waals surface area contributed by atoms with E-state index in [2.05, 4.69) is 11.0 Å². The van der Waals surface area contributed by atoms with Gasteiger partial charge in [0.1, 0.15) is 5.82 Å². The molecule has 2 rings (SSSR count). The summed E-state index contributed by atoms with van der Waals surface area (Å²) in [6.07, 6.45) is 1.93. The quantitative estimate of drug-likeness (QED) is 0.871. The van der Waals surface area contributed by atoms with Crippen LogP contribution in [0.3, 0.4) is 0 Å². The highest BCUT2D eigenvalue weighted by molar-refractivity contribution is 5.56. The first kappa shape index (κ1) is 12.8. The number of rotatable bonds is 5. The van der Waals surface area contributed by atoms with Gasteiger partial charge < -0.3 is 10.0 Å². The fourth-order valence-corrected chi connectivity index (χ4v) is 2.18. The molecule has 0 aliphatic heterocycles. The fraction of sp³-hybridized carbons (Fsp3) is 0.500. The third-order valence-electron chi connectivity index (χ3n) is 3.20. The summed E-state index contributed by atoms with van der Waals surface area (Å²) in [7, 11) is 0. The first-order valence-corrected chi connectivity index (χ1v) is 6.24. The van der Waals surface area contributed by atoms with E-state index in [1.54, 1.807) is 13.0 Å². The summed E-state index contributed by atoms with van der Waals surface area (Å²) >= 11 is 0.